The van der Waals surface area contributed by atoms with Gasteiger partial charge >= 0.3 is 0 Å². The Kier molecular flexibility index (Phi) is 48.4. The minimum Gasteiger partial charge on any atom is -0.756 e. The number of nitrogens with one attached hydrogen (secondary N) is 1. The molecule has 0 aliphatic heterocycles. The van der Waals surface area contributed by atoms with Gasteiger partial charge in [0, 0.05) is 6.42 Å². The molecule has 0 aromatic heterocycles. The summed E-state index contributed by atoms with van der Waals surface area (Å²) in [5.74, 6) is -0.167. The molecular weight excluding hydrogens is 864 g/mol. The lowest BCUT2D eigenvalue weighted by Crippen LogP contribution is -2.46. The quantitative estimate of drug-likeness (QED) is 0.0272. The van der Waals surface area contributed by atoms with Gasteiger partial charge in [-0.05, 0) is 64.2 Å². The molecular formula is C59H109N2O6P. The average molecular weight is 974 g/mol. The van der Waals surface area contributed by atoms with E-state index in [-0.39, 0.29) is 19.1 Å². The Morgan fingerprint density at radius 1 is 0.529 bits per heavy atom. The average Bonchev–Trinajstić information content (AvgIpc) is 3.30. The third-order valence-electron chi connectivity index (χ3n) is 12.5. The fourth-order valence-corrected chi connectivity index (χ4v) is 8.77. The number of hydrogen-bond acceptors (Lipinski definition) is 6. The van der Waals surface area contributed by atoms with Crippen molar-refractivity contribution in [3.8, 4) is 0 Å². The smallest absolute Gasteiger partial charge is 0.268 e. The van der Waals surface area contributed by atoms with Crippen molar-refractivity contribution in [1.29, 1.82) is 0 Å². The van der Waals surface area contributed by atoms with Gasteiger partial charge in [-0.2, -0.15) is 0 Å². The van der Waals surface area contributed by atoms with Gasteiger partial charge in [0.15, 0.2) is 0 Å². The second-order valence-electron chi connectivity index (χ2n) is 20.3. The first-order valence-electron chi connectivity index (χ1n) is 28.3. The molecule has 0 aromatic rings. The molecule has 0 aliphatic rings. The van der Waals surface area contributed by atoms with Gasteiger partial charge in [0.25, 0.3) is 7.82 Å². The van der Waals surface area contributed by atoms with Gasteiger partial charge < -0.3 is 28.8 Å². The highest BCUT2D eigenvalue weighted by atomic mass is 31.2. The van der Waals surface area contributed by atoms with Crippen molar-refractivity contribution in [1.82, 2.24) is 5.32 Å². The van der Waals surface area contributed by atoms with Crippen LogP contribution in [0.25, 0.3) is 0 Å². The van der Waals surface area contributed by atoms with E-state index in [0.717, 1.165) is 77.0 Å². The highest BCUT2D eigenvalue weighted by Crippen LogP contribution is 2.38. The highest BCUT2D eigenvalue weighted by molar-refractivity contribution is 7.45. The van der Waals surface area contributed by atoms with Crippen LogP contribution in [0, 0.1) is 0 Å². The maximum atomic E-state index is 12.9. The first kappa shape index (κ1) is 65.9. The molecule has 0 spiro atoms. The number of phosphoric ester groups is 1. The van der Waals surface area contributed by atoms with E-state index in [1.807, 2.05) is 21.1 Å². The van der Waals surface area contributed by atoms with Crippen LogP contribution < -0.4 is 10.2 Å². The number of carbonyl (C=O) groups is 1. The predicted octanol–water partition coefficient (Wildman–Crippen LogP) is 16.5. The molecule has 0 fully saturated rings. The zero-order chi connectivity index (χ0) is 49.9. The molecule has 9 heteroatoms. The van der Waals surface area contributed by atoms with Gasteiger partial charge in [0.1, 0.15) is 13.2 Å². The molecule has 0 heterocycles. The molecule has 396 valence electrons. The second-order valence-corrected chi connectivity index (χ2v) is 21.7. The van der Waals surface area contributed by atoms with Crippen LogP contribution in [0.2, 0.25) is 0 Å². The third kappa shape index (κ3) is 51.8. The maximum Gasteiger partial charge on any atom is 0.268 e. The number of quaternary nitrogens is 1. The van der Waals surface area contributed by atoms with Gasteiger partial charge in [-0.15, -0.1) is 0 Å². The van der Waals surface area contributed by atoms with Crippen LogP contribution in [0.1, 0.15) is 245 Å². The number of likely N-dealkylation sites (N-methyl/N-ethyl adjacent to an activating group) is 1. The summed E-state index contributed by atoms with van der Waals surface area (Å²) in [6.07, 6.45) is 68.0. The summed E-state index contributed by atoms with van der Waals surface area (Å²) in [6.45, 7) is 4.60. The number of aliphatic hydroxyl groups excluding tert-OH is 1. The first-order valence-corrected chi connectivity index (χ1v) is 29.7. The number of carbonyl (C=O) groups excluding carboxylic acids is 1. The Morgan fingerprint density at radius 2 is 0.897 bits per heavy atom. The Bertz CT molecular complexity index is 1330. The van der Waals surface area contributed by atoms with Gasteiger partial charge in [-0.25, -0.2) is 0 Å². The molecule has 0 saturated carbocycles. The monoisotopic (exact) mass is 973 g/mol. The standard InChI is InChI=1S/C59H109N2O6P/c1-6-8-10-12-14-16-18-19-20-21-22-23-24-25-26-27-28-29-30-31-32-33-34-35-36-37-38-39-40-41-43-45-47-49-51-53-59(63)60-57(56-67-68(64,65)66-55-54-61(3,4)5)58(62)52-50-48-46-44-42-17-15-13-11-9-7-2/h8,10,14,16,19-20,22-23,25-26,28-29,57-58,62H,6-7,9,11-13,15,17-18,21,24,27,30-56H2,1-5H3,(H-,60,63,64,65)/b10-8-,16-14-,20-19-,23-22-,26-25-,29-28-. The molecule has 3 unspecified atom stereocenters. The molecule has 2 N–H and O–H groups in total. The molecule has 0 bridgehead atoms. The predicted molar refractivity (Wildman–Crippen MR) is 293 cm³/mol. The van der Waals surface area contributed by atoms with E-state index in [1.165, 1.54) is 141 Å². The summed E-state index contributed by atoms with van der Waals surface area (Å²) in [7, 11) is 1.30. The molecule has 0 aliphatic carbocycles. The Hall–Kier alpha value is -2.06. The van der Waals surface area contributed by atoms with Gasteiger partial charge in [0.05, 0.1) is 39.9 Å². The largest absolute Gasteiger partial charge is 0.756 e. The van der Waals surface area contributed by atoms with Crippen LogP contribution in [0.15, 0.2) is 72.9 Å². The van der Waals surface area contributed by atoms with E-state index < -0.39 is 20.0 Å². The van der Waals surface area contributed by atoms with Crippen molar-refractivity contribution in [2.75, 3.05) is 40.9 Å². The topological polar surface area (TPSA) is 108 Å². The number of aliphatic hydroxyl groups is 1. The minimum absolute atomic E-state index is 0.0110. The van der Waals surface area contributed by atoms with Crippen molar-refractivity contribution in [2.45, 2.75) is 257 Å². The summed E-state index contributed by atoms with van der Waals surface area (Å²) in [5.41, 5.74) is 0. The summed E-state index contributed by atoms with van der Waals surface area (Å²) >= 11 is 0. The number of phosphoric acid groups is 1. The molecule has 8 nitrogen and oxygen atoms in total. The lowest BCUT2D eigenvalue weighted by atomic mass is 10.0. The van der Waals surface area contributed by atoms with Crippen LogP contribution in [0.4, 0.5) is 0 Å². The Balaban J connectivity index is 3.97. The maximum absolute atomic E-state index is 12.9. The van der Waals surface area contributed by atoms with Crippen molar-refractivity contribution < 1.29 is 32.9 Å². The van der Waals surface area contributed by atoms with Crippen LogP contribution >= 0.6 is 7.82 Å². The first-order chi connectivity index (χ1) is 33.0. The number of unbranched alkanes of at least 4 members (excludes halogenated alkanes) is 26. The lowest BCUT2D eigenvalue weighted by molar-refractivity contribution is -0.870. The SMILES string of the molecule is CC/C=C\C/C=C\C/C=C\C/C=C\C/C=C\C/C=C\CCCCCCCCCCCCCCCCCCC(=O)NC(COP(=O)([O-])OCC[N+](C)(C)C)C(O)CCCCCCCCCCCCC. The fourth-order valence-electron chi connectivity index (χ4n) is 8.04. The number of nitrogens with zero attached hydrogens (tertiary/aromatic N) is 1. The van der Waals surface area contributed by atoms with Gasteiger partial charge in [0.2, 0.25) is 5.91 Å². The normalized spacial score (nSPS) is 14.5. The summed E-state index contributed by atoms with van der Waals surface area (Å²) in [5, 5.41) is 13.9. The van der Waals surface area contributed by atoms with E-state index in [2.05, 4.69) is 92.1 Å². The zero-order valence-corrected chi connectivity index (χ0v) is 45.9. The molecule has 0 radical (unpaired) electrons. The molecule has 0 saturated heterocycles. The van der Waals surface area contributed by atoms with E-state index >= 15 is 0 Å². The number of hydrogen-bond donors (Lipinski definition) is 2. The van der Waals surface area contributed by atoms with E-state index in [4.69, 9.17) is 9.05 Å². The fraction of sp³-hybridized carbons (Fsp3) is 0.780. The third-order valence-corrected chi connectivity index (χ3v) is 13.4. The van der Waals surface area contributed by atoms with E-state index in [0.29, 0.717) is 23.9 Å². The van der Waals surface area contributed by atoms with Crippen molar-refractivity contribution >= 4 is 13.7 Å². The van der Waals surface area contributed by atoms with Crippen LogP contribution in [-0.2, 0) is 18.4 Å². The van der Waals surface area contributed by atoms with Gasteiger partial charge in [-0.3, -0.25) is 9.36 Å². The molecule has 68 heavy (non-hydrogen) atoms. The lowest BCUT2D eigenvalue weighted by Gasteiger charge is -2.30. The Labute approximate surface area is 421 Å². The zero-order valence-electron chi connectivity index (χ0n) is 45.0. The summed E-state index contributed by atoms with van der Waals surface area (Å²) in [4.78, 5) is 25.4. The van der Waals surface area contributed by atoms with Crippen LogP contribution in [-0.4, -0.2) is 68.5 Å². The van der Waals surface area contributed by atoms with E-state index in [9.17, 15) is 19.4 Å². The summed E-state index contributed by atoms with van der Waals surface area (Å²) in [6, 6.07) is -0.801. The van der Waals surface area contributed by atoms with Crippen LogP contribution in [0.3, 0.4) is 0 Å². The summed E-state index contributed by atoms with van der Waals surface area (Å²) < 4.78 is 23.3. The highest BCUT2D eigenvalue weighted by Gasteiger charge is 2.24. The number of amides is 1. The van der Waals surface area contributed by atoms with Crippen LogP contribution in [0.5, 0.6) is 0 Å². The molecule has 1 amide bonds. The van der Waals surface area contributed by atoms with Gasteiger partial charge in [-0.1, -0.05) is 247 Å². The second kappa shape index (κ2) is 49.9. The minimum atomic E-state index is -4.57. The van der Waals surface area contributed by atoms with Crippen molar-refractivity contribution in [2.24, 2.45) is 0 Å². The molecule has 3 atom stereocenters. The van der Waals surface area contributed by atoms with Crippen molar-refractivity contribution in [3.63, 3.8) is 0 Å². The Morgan fingerprint density at radius 3 is 1.31 bits per heavy atom. The molecule has 0 rings (SSSR count). The molecule has 0 aromatic carbocycles. The van der Waals surface area contributed by atoms with Crippen molar-refractivity contribution in [3.05, 3.63) is 72.9 Å². The number of allylic oxidation sites excluding steroid dienone is 12. The van der Waals surface area contributed by atoms with E-state index in [1.54, 1.807) is 0 Å². The number of rotatable bonds is 51.